The number of aryl methyl sites for hydroxylation is 1. The second kappa shape index (κ2) is 7.82. The highest BCUT2D eigenvalue weighted by Crippen LogP contribution is 2.57. The molecule has 4 unspecified atom stereocenters. The van der Waals surface area contributed by atoms with Crippen molar-refractivity contribution in [3.8, 4) is 0 Å². The molecule has 3 aromatic rings. The zero-order valence-electron chi connectivity index (χ0n) is 18.5. The monoisotopic (exact) mass is 465 g/mol. The maximum Gasteiger partial charge on any atom is 0.253 e. The molecular formula is C26H28ClN3OS. The van der Waals surface area contributed by atoms with Gasteiger partial charge in [0.25, 0.3) is 5.91 Å². The van der Waals surface area contributed by atoms with E-state index >= 15 is 0 Å². The Morgan fingerprint density at radius 2 is 1.84 bits per heavy atom. The summed E-state index contributed by atoms with van der Waals surface area (Å²) in [6.07, 6.45) is 5.68. The molecule has 3 fully saturated rings. The number of aromatic nitrogens is 1. The van der Waals surface area contributed by atoms with Gasteiger partial charge in [-0.1, -0.05) is 17.7 Å². The third-order valence-corrected chi connectivity index (χ3v) is 8.89. The Kier molecular flexibility index (Phi) is 5.05. The fourth-order valence-electron chi connectivity index (χ4n) is 5.97. The average Bonchev–Trinajstić information content (AvgIpc) is 3.30. The van der Waals surface area contributed by atoms with Crippen LogP contribution >= 0.6 is 22.9 Å². The van der Waals surface area contributed by atoms with Gasteiger partial charge in [-0.2, -0.15) is 0 Å². The molecule has 2 bridgehead atoms. The van der Waals surface area contributed by atoms with Crippen LogP contribution < -0.4 is 5.32 Å². The Morgan fingerprint density at radius 3 is 2.59 bits per heavy atom. The third kappa shape index (κ3) is 3.55. The summed E-state index contributed by atoms with van der Waals surface area (Å²) < 4.78 is 0. The molecule has 1 saturated carbocycles. The second-order valence-electron chi connectivity index (χ2n) is 9.86. The van der Waals surface area contributed by atoms with E-state index in [4.69, 9.17) is 11.6 Å². The van der Waals surface area contributed by atoms with Gasteiger partial charge in [0.2, 0.25) is 0 Å². The number of amides is 1. The lowest BCUT2D eigenvalue weighted by molar-refractivity contribution is 0.0681. The van der Waals surface area contributed by atoms with Crippen molar-refractivity contribution in [1.82, 2.24) is 15.2 Å². The molecule has 0 radical (unpaired) electrons. The Bertz CT molecular complexity index is 1200. The van der Waals surface area contributed by atoms with Gasteiger partial charge in [-0.25, -0.2) is 4.98 Å². The van der Waals surface area contributed by atoms with Crippen molar-refractivity contribution >= 4 is 39.1 Å². The number of hydrogen-bond donors (Lipinski definition) is 1. The van der Waals surface area contributed by atoms with E-state index in [-0.39, 0.29) is 5.91 Å². The van der Waals surface area contributed by atoms with Crippen molar-refractivity contribution in [1.29, 1.82) is 0 Å². The number of nitrogens with one attached hydrogen (secondary N) is 1. The van der Waals surface area contributed by atoms with Crippen molar-refractivity contribution in [2.75, 3.05) is 7.05 Å². The van der Waals surface area contributed by atoms with E-state index in [2.05, 4.69) is 40.8 Å². The van der Waals surface area contributed by atoms with Gasteiger partial charge in [-0.3, -0.25) is 4.79 Å². The summed E-state index contributed by atoms with van der Waals surface area (Å²) in [7, 11) is 1.95. The summed E-state index contributed by atoms with van der Waals surface area (Å²) >= 11 is 8.45. The number of halogens is 1. The number of carbonyl (C=O) groups excluding carboxylic acids is 1. The van der Waals surface area contributed by atoms with Gasteiger partial charge in [-0.15, -0.1) is 11.3 Å². The number of carbonyl (C=O) groups is 1. The molecule has 4 nitrogen and oxygen atoms in total. The molecule has 6 rings (SSSR count). The van der Waals surface area contributed by atoms with E-state index in [1.165, 1.54) is 23.8 Å². The molecule has 1 aliphatic carbocycles. The summed E-state index contributed by atoms with van der Waals surface area (Å²) in [6, 6.07) is 11.8. The first-order valence-corrected chi connectivity index (χ1v) is 12.9. The molecule has 4 atom stereocenters. The number of thiophene rings is 1. The smallest absolute Gasteiger partial charge is 0.253 e. The Labute approximate surface area is 198 Å². The molecule has 2 aromatic heterocycles. The minimum atomic E-state index is 0.0850. The SMILES string of the molecule is Cc1cc(C2CC2c2ccc(C(=O)N(C)C3CC4CCC(C3)N4)cc2Cl)c2ccsc2n1. The fourth-order valence-corrected chi connectivity index (χ4v) is 7.13. The standard InChI is InChI=1S/C26H28ClN3OS/c1-14-9-21(20-7-8-32-25(20)28-14)23-13-22(23)19-6-3-15(10-24(19)27)26(31)30(2)18-11-16-4-5-17(12-18)29-16/h3,6-10,16-18,22-23,29H,4-5,11-13H2,1-2H3. The van der Waals surface area contributed by atoms with Crippen LogP contribution in [0.1, 0.15) is 71.1 Å². The first kappa shape index (κ1) is 20.6. The van der Waals surface area contributed by atoms with Crippen LogP contribution in [0.4, 0.5) is 0 Å². The first-order chi connectivity index (χ1) is 15.5. The Hall–Kier alpha value is -1.95. The van der Waals surface area contributed by atoms with Crippen molar-refractivity contribution in [3.05, 3.63) is 63.1 Å². The van der Waals surface area contributed by atoms with E-state index < -0.39 is 0 Å². The molecule has 0 spiro atoms. The predicted octanol–water partition coefficient (Wildman–Crippen LogP) is 5.88. The minimum Gasteiger partial charge on any atom is -0.339 e. The van der Waals surface area contributed by atoms with Crippen LogP contribution in [0, 0.1) is 6.92 Å². The van der Waals surface area contributed by atoms with Crippen molar-refractivity contribution in [2.24, 2.45) is 0 Å². The van der Waals surface area contributed by atoms with Gasteiger partial charge in [0.1, 0.15) is 4.83 Å². The van der Waals surface area contributed by atoms with Gasteiger partial charge in [0.15, 0.2) is 0 Å². The molecule has 6 heteroatoms. The molecular weight excluding hydrogens is 438 g/mol. The van der Waals surface area contributed by atoms with E-state index in [1.54, 1.807) is 11.3 Å². The third-order valence-electron chi connectivity index (χ3n) is 7.75. The molecule has 1 amide bonds. The van der Waals surface area contributed by atoms with Gasteiger partial charge < -0.3 is 10.2 Å². The number of benzene rings is 1. The Balaban J connectivity index is 1.20. The van der Waals surface area contributed by atoms with Crippen LogP contribution in [0.3, 0.4) is 0 Å². The summed E-state index contributed by atoms with van der Waals surface area (Å²) in [5.41, 5.74) is 4.32. The summed E-state index contributed by atoms with van der Waals surface area (Å²) in [4.78, 5) is 20.9. The number of piperidine rings is 1. The van der Waals surface area contributed by atoms with Gasteiger partial charge in [0, 0.05) is 46.8 Å². The van der Waals surface area contributed by atoms with Crippen LogP contribution in [0.25, 0.3) is 10.2 Å². The molecule has 1 N–H and O–H groups in total. The topological polar surface area (TPSA) is 45.2 Å². The number of pyridine rings is 1. The first-order valence-electron chi connectivity index (χ1n) is 11.7. The normalized spacial score (nSPS) is 28.8. The summed E-state index contributed by atoms with van der Waals surface area (Å²) in [5, 5.41) is 7.77. The van der Waals surface area contributed by atoms with Crippen LogP contribution in [0.2, 0.25) is 5.02 Å². The zero-order valence-corrected chi connectivity index (χ0v) is 20.0. The number of nitrogens with zero attached hydrogens (tertiary/aromatic N) is 2. The highest BCUT2D eigenvalue weighted by Gasteiger charge is 2.42. The molecule has 3 aliphatic rings. The van der Waals surface area contributed by atoms with Crippen molar-refractivity contribution in [2.45, 2.75) is 69.0 Å². The zero-order chi connectivity index (χ0) is 22.0. The predicted molar refractivity (Wildman–Crippen MR) is 131 cm³/mol. The van der Waals surface area contributed by atoms with Gasteiger partial charge in [-0.05, 0) is 91.6 Å². The lowest BCUT2D eigenvalue weighted by Crippen LogP contribution is -2.48. The molecule has 32 heavy (non-hydrogen) atoms. The van der Waals surface area contributed by atoms with Crippen molar-refractivity contribution < 1.29 is 4.79 Å². The van der Waals surface area contributed by atoms with Crippen molar-refractivity contribution in [3.63, 3.8) is 0 Å². The summed E-state index contributed by atoms with van der Waals surface area (Å²) in [5.74, 6) is 0.969. The fraction of sp³-hybridized carbons (Fsp3) is 0.462. The summed E-state index contributed by atoms with van der Waals surface area (Å²) in [6.45, 7) is 2.07. The van der Waals surface area contributed by atoms with E-state index in [9.17, 15) is 4.79 Å². The van der Waals surface area contributed by atoms with Crippen LogP contribution in [-0.2, 0) is 0 Å². The second-order valence-corrected chi connectivity index (χ2v) is 11.2. The van der Waals surface area contributed by atoms with Gasteiger partial charge >= 0.3 is 0 Å². The lowest BCUT2D eigenvalue weighted by Gasteiger charge is -2.35. The molecule has 2 saturated heterocycles. The van der Waals surface area contributed by atoms with E-state index in [1.807, 2.05) is 24.1 Å². The highest BCUT2D eigenvalue weighted by atomic mass is 35.5. The van der Waals surface area contributed by atoms with E-state index in [0.717, 1.165) is 40.4 Å². The van der Waals surface area contributed by atoms with Gasteiger partial charge in [0.05, 0.1) is 0 Å². The Morgan fingerprint density at radius 1 is 1.09 bits per heavy atom. The molecule has 2 aliphatic heterocycles. The largest absolute Gasteiger partial charge is 0.339 e. The number of fused-ring (bicyclic) bond motifs is 3. The quantitative estimate of drug-likeness (QED) is 0.523. The van der Waals surface area contributed by atoms with Crippen LogP contribution in [-0.4, -0.2) is 41.0 Å². The molecule has 166 valence electrons. The number of rotatable bonds is 4. The molecule has 1 aromatic carbocycles. The average molecular weight is 466 g/mol. The van der Waals surface area contributed by atoms with E-state index in [0.29, 0.717) is 35.5 Å². The van der Waals surface area contributed by atoms with Crippen LogP contribution in [0.5, 0.6) is 0 Å². The molecule has 4 heterocycles. The highest BCUT2D eigenvalue weighted by molar-refractivity contribution is 7.16. The number of hydrogen-bond acceptors (Lipinski definition) is 4. The maximum absolute atomic E-state index is 13.2. The maximum atomic E-state index is 13.2. The lowest BCUT2D eigenvalue weighted by atomic mass is 9.97. The minimum absolute atomic E-state index is 0.0850. The van der Waals surface area contributed by atoms with Crippen LogP contribution in [0.15, 0.2) is 35.7 Å².